The highest BCUT2D eigenvalue weighted by atomic mass is 15.1. The summed E-state index contributed by atoms with van der Waals surface area (Å²) in [6, 6.07) is 8.04. The maximum Gasteiger partial charge on any atom is 0.299 e. The molecule has 1 rings (SSSR count). The van der Waals surface area contributed by atoms with Crippen LogP contribution in [0.5, 0.6) is 0 Å². The fourth-order valence-corrected chi connectivity index (χ4v) is 1.02. The van der Waals surface area contributed by atoms with Crippen LogP contribution in [0.1, 0.15) is 19.4 Å². The number of anilines is 1. The summed E-state index contributed by atoms with van der Waals surface area (Å²) in [5.74, 6) is 0. The average Bonchev–Trinajstić information content (AvgIpc) is 2.09. The van der Waals surface area contributed by atoms with E-state index < -0.39 is 5.66 Å². The van der Waals surface area contributed by atoms with Gasteiger partial charge in [0.15, 0.2) is 0 Å². The molecule has 1 aromatic rings. The molecule has 0 aliphatic carbocycles. The molecule has 0 fully saturated rings. The predicted molar refractivity (Wildman–Crippen MR) is 55.5 cm³/mol. The summed E-state index contributed by atoms with van der Waals surface area (Å²) in [4.78, 5) is 3.48. The number of nitrogens with zero attached hydrogens (tertiary/aromatic N) is 1. The van der Waals surface area contributed by atoms with Crippen molar-refractivity contribution in [1.82, 2.24) is 0 Å². The molecular formula is C11H14N2. The molecule has 0 saturated carbocycles. The standard InChI is InChI=1S/C11H14N2/c1-9-5-7-10(8-6-9)13-11(2,3)12-4/h5-8,13H,1-3H3. The lowest BCUT2D eigenvalue weighted by molar-refractivity contribution is 0.707. The lowest BCUT2D eigenvalue weighted by Gasteiger charge is -2.14. The van der Waals surface area contributed by atoms with Gasteiger partial charge in [-0.15, -0.1) is 0 Å². The van der Waals surface area contributed by atoms with E-state index in [1.807, 2.05) is 45.0 Å². The number of rotatable bonds is 2. The molecule has 0 spiro atoms. The van der Waals surface area contributed by atoms with E-state index >= 15 is 0 Å². The van der Waals surface area contributed by atoms with Gasteiger partial charge in [-0.05, 0) is 19.1 Å². The van der Waals surface area contributed by atoms with Gasteiger partial charge in [0, 0.05) is 19.5 Å². The van der Waals surface area contributed by atoms with E-state index in [0.717, 1.165) is 5.69 Å². The molecule has 1 N–H and O–H groups in total. The first-order valence-corrected chi connectivity index (χ1v) is 4.27. The van der Waals surface area contributed by atoms with Gasteiger partial charge in [0.2, 0.25) is 0 Å². The minimum Gasteiger partial charge on any atom is -0.315 e. The van der Waals surface area contributed by atoms with Crippen LogP contribution in [0.4, 0.5) is 5.69 Å². The SMILES string of the molecule is [C-]#[N+]C(C)(C)Nc1ccc(C)cc1. The van der Waals surface area contributed by atoms with Crippen LogP contribution < -0.4 is 5.32 Å². The van der Waals surface area contributed by atoms with Gasteiger partial charge in [0.25, 0.3) is 5.66 Å². The molecule has 0 amide bonds. The zero-order chi connectivity index (χ0) is 9.90. The third kappa shape index (κ3) is 2.79. The van der Waals surface area contributed by atoms with Crippen molar-refractivity contribution in [2.75, 3.05) is 5.32 Å². The second-order valence-corrected chi connectivity index (χ2v) is 3.66. The maximum atomic E-state index is 6.96. The Bertz CT molecular complexity index is 317. The highest BCUT2D eigenvalue weighted by Crippen LogP contribution is 2.16. The summed E-state index contributed by atoms with van der Waals surface area (Å²) >= 11 is 0. The zero-order valence-corrected chi connectivity index (χ0v) is 8.26. The van der Waals surface area contributed by atoms with Crippen LogP contribution >= 0.6 is 0 Å². The van der Waals surface area contributed by atoms with Crippen molar-refractivity contribution >= 4 is 5.69 Å². The fourth-order valence-electron chi connectivity index (χ4n) is 1.02. The molecular weight excluding hydrogens is 160 g/mol. The van der Waals surface area contributed by atoms with Gasteiger partial charge in [-0.2, -0.15) is 0 Å². The Hall–Kier alpha value is -1.49. The van der Waals surface area contributed by atoms with E-state index in [1.54, 1.807) is 0 Å². The Labute approximate surface area is 79.4 Å². The monoisotopic (exact) mass is 174 g/mol. The second-order valence-electron chi connectivity index (χ2n) is 3.66. The van der Waals surface area contributed by atoms with E-state index in [-0.39, 0.29) is 0 Å². The third-order valence-corrected chi connectivity index (χ3v) is 1.78. The molecule has 68 valence electrons. The minimum atomic E-state index is -0.519. The molecule has 0 saturated heterocycles. The molecule has 0 bridgehead atoms. The number of benzene rings is 1. The van der Waals surface area contributed by atoms with Gasteiger partial charge in [-0.1, -0.05) is 17.7 Å². The summed E-state index contributed by atoms with van der Waals surface area (Å²) in [6.45, 7) is 12.7. The Kier molecular flexibility index (Phi) is 2.57. The van der Waals surface area contributed by atoms with Crippen molar-refractivity contribution in [3.8, 4) is 0 Å². The van der Waals surface area contributed by atoms with Gasteiger partial charge >= 0.3 is 0 Å². The Balaban J connectivity index is 2.77. The van der Waals surface area contributed by atoms with Gasteiger partial charge in [-0.25, -0.2) is 6.57 Å². The molecule has 1 aromatic carbocycles. The first-order valence-electron chi connectivity index (χ1n) is 4.27. The predicted octanol–water partition coefficient (Wildman–Crippen LogP) is 3.06. The van der Waals surface area contributed by atoms with Crippen molar-refractivity contribution in [3.05, 3.63) is 41.2 Å². The van der Waals surface area contributed by atoms with E-state index in [4.69, 9.17) is 6.57 Å². The summed E-state index contributed by atoms with van der Waals surface area (Å²) in [6.07, 6.45) is 0. The summed E-state index contributed by atoms with van der Waals surface area (Å²) in [7, 11) is 0. The molecule has 2 heteroatoms. The van der Waals surface area contributed by atoms with E-state index in [1.165, 1.54) is 5.56 Å². The maximum absolute atomic E-state index is 6.96. The topological polar surface area (TPSA) is 16.4 Å². The largest absolute Gasteiger partial charge is 0.315 e. The molecule has 0 aliphatic rings. The first-order chi connectivity index (χ1) is 6.03. The Morgan fingerprint density at radius 3 is 2.23 bits per heavy atom. The number of nitrogens with one attached hydrogen (secondary N) is 1. The third-order valence-electron chi connectivity index (χ3n) is 1.78. The zero-order valence-electron chi connectivity index (χ0n) is 8.26. The van der Waals surface area contributed by atoms with Crippen LogP contribution in [0.3, 0.4) is 0 Å². The normalized spacial score (nSPS) is 10.6. The fraction of sp³-hybridized carbons (Fsp3) is 0.364. The number of hydrogen-bond donors (Lipinski definition) is 1. The molecule has 13 heavy (non-hydrogen) atoms. The highest BCUT2D eigenvalue weighted by molar-refractivity contribution is 5.46. The van der Waals surface area contributed by atoms with Crippen LogP contribution in [0.15, 0.2) is 24.3 Å². The molecule has 0 aliphatic heterocycles. The summed E-state index contributed by atoms with van der Waals surface area (Å²) < 4.78 is 0. The molecule has 0 unspecified atom stereocenters. The smallest absolute Gasteiger partial charge is 0.299 e. The first kappa shape index (κ1) is 9.60. The van der Waals surface area contributed by atoms with E-state index in [2.05, 4.69) is 10.2 Å². The number of hydrogen-bond acceptors (Lipinski definition) is 1. The molecule has 0 aromatic heterocycles. The Morgan fingerprint density at radius 2 is 1.77 bits per heavy atom. The summed E-state index contributed by atoms with van der Waals surface area (Å²) in [5.41, 5.74) is 1.70. The molecule has 0 radical (unpaired) electrons. The van der Waals surface area contributed by atoms with Crippen LogP contribution in [-0.4, -0.2) is 5.66 Å². The molecule has 0 heterocycles. The second kappa shape index (κ2) is 3.49. The van der Waals surface area contributed by atoms with E-state index in [9.17, 15) is 0 Å². The average molecular weight is 174 g/mol. The van der Waals surface area contributed by atoms with Crippen molar-refractivity contribution < 1.29 is 0 Å². The Morgan fingerprint density at radius 1 is 1.23 bits per heavy atom. The lowest BCUT2D eigenvalue weighted by Crippen LogP contribution is -2.25. The van der Waals surface area contributed by atoms with Crippen LogP contribution in [-0.2, 0) is 0 Å². The van der Waals surface area contributed by atoms with Gasteiger partial charge in [0.1, 0.15) is 0 Å². The van der Waals surface area contributed by atoms with Crippen LogP contribution in [0.2, 0.25) is 0 Å². The van der Waals surface area contributed by atoms with Gasteiger partial charge in [-0.3, -0.25) is 4.85 Å². The van der Waals surface area contributed by atoms with Crippen LogP contribution in [0.25, 0.3) is 4.85 Å². The van der Waals surface area contributed by atoms with Crippen LogP contribution in [0, 0.1) is 13.5 Å². The van der Waals surface area contributed by atoms with Crippen molar-refractivity contribution in [1.29, 1.82) is 0 Å². The highest BCUT2D eigenvalue weighted by Gasteiger charge is 2.20. The van der Waals surface area contributed by atoms with Gasteiger partial charge < -0.3 is 5.32 Å². The number of aryl methyl sites for hydroxylation is 1. The van der Waals surface area contributed by atoms with Crippen molar-refractivity contribution in [2.24, 2.45) is 0 Å². The van der Waals surface area contributed by atoms with Crippen molar-refractivity contribution in [2.45, 2.75) is 26.4 Å². The van der Waals surface area contributed by atoms with Gasteiger partial charge in [0.05, 0.1) is 0 Å². The minimum absolute atomic E-state index is 0.519. The van der Waals surface area contributed by atoms with E-state index in [0.29, 0.717) is 0 Å². The quantitative estimate of drug-likeness (QED) is 0.681. The lowest BCUT2D eigenvalue weighted by atomic mass is 10.2. The molecule has 0 atom stereocenters. The summed E-state index contributed by atoms with van der Waals surface area (Å²) in [5, 5.41) is 3.14. The van der Waals surface area contributed by atoms with Crippen molar-refractivity contribution in [3.63, 3.8) is 0 Å². The molecule has 2 nitrogen and oxygen atoms in total.